The average molecular weight is 1070 g/mol. The fourth-order valence-corrected chi connectivity index (χ4v) is 17.4. The minimum atomic E-state index is -3.96. The highest BCUT2D eigenvalue weighted by Gasteiger charge is 2.61. The summed E-state index contributed by atoms with van der Waals surface area (Å²) >= 11 is 0. The van der Waals surface area contributed by atoms with E-state index in [2.05, 4.69) is 0 Å². The maximum Gasteiger partial charge on any atom is 0.264 e. The molecule has 5 aromatic rings. The predicted octanol–water partition coefficient (Wildman–Crippen LogP) is 6.25. The van der Waals surface area contributed by atoms with Crippen LogP contribution in [-0.4, -0.2) is 126 Å². The van der Waals surface area contributed by atoms with E-state index in [-0.39, 0.29) is 83.8 Å². The Labute approximate surface area is 422 Å². The van der Waals surface area contributed by atoms with Crippen LogP contribution in [0, 0.1) is 5.92 Å². The number of hydrogen-bond acceptors (Lipinski definition) is 14. The Morgan fingerprint density at radius 1 is 0.472 bits per heavy atom. The molecule has 3 saturated heterocycles. The second-order valence-corrected chi connectivity index (χ2v) is 25.3. The maximum absolute atomic E-state index is 13.8. The molecule has 4 unspecified atom stereocenters. The summed E-state index contributed by atoms with van der Waals surface area (Å²) in [6.45, 7) is 1.08. The number of hydrogen-bond donors (Lipinski definition) is 0. The lowest BCUT2D eigenvalue weighted by molar-refractivity contribution is -0.150. The number of fused-ring (bicyclic) bond motifs is 4. The van der Waals surface area contributed by atoms with E-state index in [1.807, 2.05) is 0 Å². The Balaban J connectivity index is 0.000000178. The number of nitrogens with zero attached hydrogens (tertiary/aromatic N) is 4. The molecule has 0 N–H and O–H groups in total. The zero-order valence-corrected chi connectivity index (χ0v) is 43.6. The summed E-state index contributed by atoms with van der Waals surface area (Å²) in [5.41, 5.74) is -1.50. The highest BCUT2D eigenvalue weighted by Crippen LogP contribution is 2.51. The molecule has 0 radical (unpaired) electrons. The summed E-state index contributed by atoms with van der Waals surface area (Å²) < 4.78 is 149. The second kappa shape index (κ2) is 20.2. The lowest BCUT2D eigenvalue weighted by atomic mass is 9.74. The first kappa shape index (κ1) is 51.6. The number of benzene rings is 5. The quantitative estimate of drug-likeness (QED) is 0.136. The molecule has 4 fully saturated rings. The van der Waals surface area contributed by atoms with Gasteiger partial charge in [-0.1, -0.05) is 31.0 Å². The molecule has 22 heteroatoms. The van der Waals surface area contributed by atoms with Crippen molar-refractivity contribution in [1.82, 2.24) is 12.9 Å². The third kappa shape index (κ3) is 9.01. The third-order valence-electron chi connectivity index (χ3n) is 14.3. The molecule has 2 spiro atoms. The second-order valence-electron chi connectivity index (χ2n) is 17.9. The Morgan fingerprint density at radius 3 is 1.44 bits per heavy atom. The molecule has 1 aliphatic carbocycles. The van der Waals surface area contributed by atoms with Crippen LogP contribution in [0.25, 0.3) is 0 Å². The Kier molecular flexibility index (Phi) is 14.5. The molecular formula is C50H58N4O14S4. The predicted molar refractivity (Wildman–Crippen MR) is 266 cm³/mol. The molecule has 0 bridgehead atoms. The Bertz CT molecular complexity index is 3200. The molecule has 386 valence electrons. The van der Waals surface area contributed by atoms with E-state index in [0.29, 0.717) is 47.1 Å². The van der Waals surface area contributed by atoms with Crippen molar-refractivity contribution >= 4 is 45.8 Å². The van der Waals surface area contributed by atoms with E-state index in [0.717, 1.165) is 12.8 Å². The van der Waals surface area contributed by atoms with Crippen LogP contribution >= 0.6 is 0 Å². The van der Waals surface area contributed by atoms with E-state index in [9.17, 15) is 33.7 Å². The van der Waals surface area contributed by atoms with Crippen molar-refractivity contribution in [2.24, 2.45) is 5.92 Å². The minimum Gasteiger partial charge on any atom is -0.497 e. The topological polar surface area (TPSA) is 205 Å². The standard InChI is InChI=1S/C25H32N2O7S2.C25H26N2O7S2/c2*1-32-19-7-11-21(12-8-19)35(28,29)26-16-15-25(23-5-3-4-6-24(23)26)27(17-18-34-25)36(30,31)22-13-9-20(33-2)10-14-22/h7-14,23-24H,3-6,15-18H2,1-2H3;3-14H,15-18H2,1-2H3. The minimum absolute atomic E-state index is 0.0417. The lowest BCUT2D eigenvalue weighted by Crippen LogP contribution is -2.65. The van der Waals surface area contributed by atoms with Crippen LogP contribution in [0.5, 0.6) is 23.0 Å². The first-order valence-corrected chi connectivity index (χ1v) is 29.3. The van der Waals surface area contributed by atoms with E-state index < -0.39 is 51.5 Å². The molecule has 4 atom stereocenters. The zero-order valence-electron chi connectivity index (χ0n) is 40.3. The van der Waals surface area contributed by atoms with Gasteiger partial charge in [-0.05, 0) is 116 Å². The molecule has 4 aliphatic heterocycles. The van der Waals surface area contributed by atoms with Gasteiger partial charge in [-0.3, -0.25) is 4.31 Å². The van der Waals surface area contributed by atoms with Crippen molar-refractivity contribution in [3.63, 3.8) is 0 Å². The Hall–Kier alpha value is -5.30. The first-order chi connectivity index (χ1) is 34.5. The van der Waals surface area contributed by atoms with Gasteiger partial charge in [-0.2, -0.15) is 12.9 Å². The SMILES string of the molecule is COc1ccc(S(=O)(=O)N2CCC3(OCCN3S(=O)(=O)c3ccc(OC)cc3)C3CCCCC32)cc1.COc1ccc(S(=O)(=O)N2CCC3(OCCN3S(=O)(=O)c3ccc(OC)cc3)c3ccccc32)cc1. The molecule has 10 rings (SSSR count). The highest BCUT2D eigenvalue weighted by molar-refractivity contribution is 7.93. The highest BCUT2D eigenvalue weighted by atomic mass is 32.2. The van der Waals surface area contributed by atoms with Crippen LogP contribution in [0.3, 0.4) is 0 Å². The monoisotopic (exact) mass is 1070 g/mol. The van der Waals surface area contributed by atoms with Crippen molar-refractivity contribution in [2.45, 2.75) is 75.6 Å². The van der Waals surface area contributed by atoms with Crippen molar-refractivity contribution in [3.8, 4) is 23.0 Å². The van der Waals surface area contributed by atoms with E-state index >= 15 is 0 Å². The molecule has 5 aliphatic rings. The van der Waals surface area contributed by atoms with Crippen LogP contribution in [0.2, 0.25) is 0 Å². The van der Waals surface area contributed by atoms with Crippen LogP contribution in [-0.2, 0) is 55.3 Å². The number of sulfonamides is 4. The van der Waals surface area contributed by atoms with E-state index in [4.69, 9.17) is 28.4 Å². The first-order valence-electron chi connectivity index (χ1n) is 23.5. The summed E-state index contributed by atoms with van der Waals surface area (Å²) in [5, 5.41) is 0. The van der Waals surface area contributed by atoms with Gasteiger partial charge >= 0.3 is 0 Å². The van der Waals surface area contributed by atoms with Gasteiger partial charge in [-0.15, -0.1) is 0 Å². The maximum atomic E-state index is 13.8. The van der Waals surface area contributed by atoms with Crippen LogP contribution < -0.4 is 23.3 Å². The summed E-state index contributed by atoms with van der Waals surface area (Å²) in [7, 11) is -9.43. The average Bonchev–Trinajstić information content (AvgIpc) is 4.05. The summed E-state index contributed by atoms with van der Waals surface area (Å²) in [6, 6.07) is 31.6. The van der Waals surface area contributed by atoms with E-state index in [1.165, 1.54) is 65.6 Å². The van der Waals surface area contributed by atoms with Crippen molar-refractivity contribution < 1.29 is 62.1 Å². The molecule has 18 nitrogen and oxygen atoms in total. The van der Waals surface area contributed by atoms with Crippen LogP contribution in [0.4, 0.5) is 5.69 Å². The summed E-state index contributed by atoms with van der Waals surface area (Å²) in [5.74, 6) is 1.99. The summed E-state index contributed by atoms with van der Waals surface area (Å²) in [6.07, 6.45) is 3.57. The van der Waals surface area contributed by atoms with Gasteiger partial charge < -0.3 is 28.4 Å². The van der Waals surface area contributed by atoms with Gasteiger partial charge in [0, 0.05) is 56.5 Å². The number of ether oxygens (including phenoxy) is 6. The molecule has 5 aromatic carbocycles. The van der Waals surface area contributed by atoms with Gasteiger partial charge in [0.2, 0.25) is 30.1 Å². The lowest BCUT2D eigenvalue weighted by Gasteiger charge is -2.54. The normalized spacial score (nSPS) is 24.0. The van der Waals surface area contributed by atoms with Gasteiger partial charge in [0.1, 0.15) is 28.7 Å². The number of piperidine rings is 1. The van der Waals surface area contributed by atoms with Gasteiger partial charge in [-0.25, -0.2) is 33.7 Å². The van der Waals surface area contributed by atoms with E-state index in [1.54, 1.807) is 101 Å². The fraction of sp³-hybridized carbons (Fsp3) is 0.400. The fourth-order valence-electron chi connectivity index (χ4n) is 10.8. The Morgan fingerprint density at radius 2 is 0.917 bits per heavy atom. The number of methoxy groups -OCH3 is 4. The van der Waals surface area contributed by atoms with Crippen molar-refractivity contribution in [3.05, 3.63) is 127 Å². The number of para-hydroxylation sites is 1. The largest absolute Gasteiger partial charge is 0.497 e. The molecular weight excluding hydrogens is 1010 g/mol. The van der Waals surface area contributed by atoms with Crippen molar-refractivity contribution in [2.75, 3.05) is 72.1 Å². The summed E-state index contributed by atoms with van der Waals surface area (Å²) in [4.78, 5) is 0.607. The number of anilines is 1. The van der Waals surface area contributed by atoms with Crippen LogP contribution in [0.1, 0.15) is 44.1 Å². The molecule has 0 aromatic heterocycles. The molecule has 72 heavy (non-hydrogen) atoms. The number of rotatable bonds is 12. The van der Waals surface area contributed by atoms with Gasteiger partial charge in [0.25, 0.3) is 10.0 Å². The zero-order chi connectivity index (χ0) is 51.1. The smallest absolute Gasteiger partial charge is 0.264 e. The van der Waals surface area contributed by atoms with Gasteiger partial charge in [0.05, 0.1) is 66.9 Å². The van der Waals surface area contributed by atoms with Gasteiger partial charge in [0.15, 0.2) is 5.72 Å². The molecule has 1 saturated carbocycles. The molecule has 4 heterocycles. The van der Waals surface area contributed by atoms with Crippen LogP contribution in [0.15, 0.2) is 141 Å². The van der Waals surface area contributed by atoms with Crippen molar-refractivity contribution in [1.29, 1.82) is 0 Å². The third-order valence-corrected chi connectivity index (χ3v) is 22.0. The molecule has 0 amide bonds.